The van der Waals surface area contributed by atoms with Crippen molar-refractivity contribution in [3.05, 3.63) is 0 Å². The van der Waals surface area contributed by atoms with Crippen molar-refractivity contribution in [3.8, 4) is 0 Å². The number of aldehydes is 1. The van der Waals surface area contributed by atoms with Crippen molar-refractivity contribution in [3.63, 3.8) is 0 Å². The number of carbonyl (C=O) groups excluding carboxylic acids is 1. The molecule has 0 aromatic carbocycles. The Bertz CT molecular complexity index is 138. The van der Waals surface area contributed by atoms with E-state index in [9.17, 15) is 4.79 Å². The summed E-state index contributed by atoms with van der Waals surface area (Å²) < 4.78 is 0. The number of carbonyl (C=O) groups is 1. The van der Waals surface area contributed by atoms with Gasteiger partial charge >= 0.3 is 0 Å². The maximum Gasteiger partial charge on any atom is 0.151 e. The number of hydrogen-bond donors (Lipinski definition) is 5. The Morgan fingerprint density at radius 1 is 1.08 bits per heavy atom. The monoisotopic (exact) mass is 180 g/mol. The van der Waals surface area contributed by atoms with Crippen LogP contribution in [0.3, 0.4) is 0 Å². The fourth-order valence-electron chi connectivity index (χ4n) is 0.618. The van der Waals surface area contributed by atoms with Crippen molar-refractivity contribution >= 4 is 6.29 Å². The van der Waals surface area contributed by atoms with Crippen LogP contribution in [0, 0.1) is 0 Å². The van der Waals surface area contributed by atoms with Crippen LogP contribution in [-0.2, 0) is 4.79 Å². The third-order valence-electron chi connectivity index (χ3n) is 1.42. The second-order valence-corrected chi connectivity index (χ2v) is 2.36. The van der Waals surface area contributed by atoms with Crippen LogP contribution >= 0.6 is 0 Å². The molecule has 0 aliphatic carbocycles. The molecule has 0 saturated heterocycles. The van der Waals surface area contributed by atoms with Gasteiger partial charge < -0.3 is 30.3 Å². The first-order valence-electron chi connectivity index (χ1n) is 3.33. The number of aliphatic hydroxyl groups is 5. The second kappa shape index (κ2) is 5.18. The smallest absolute Gasteiger partial charge is 0.151 e. The van der Waals surface area contributed by atoms with E-state index in [0.717, 1.165) is 0 Å². The number of rotatable bonds is 5. The zero-order valence-electron chi connectivity index (χ0n) is 6.24. The lowest BCUT2D eigenvalue weighted by Gasteiger charge is -2.22. The van der Waals surface area contributed by atoms with Gasteiger partial charge in [-0.15, -0.1) is 0 Å². The molecule has 5 N–H and O–H groups in total. The predicted molar refractivity (Wildman–Crippen MR) is 37.2 cm³/mol. The molecule has 0 aliphatic rings. The lowest BCUT2D eigenvalue weighted by Crippen LogP contribution is -2.46. The first kappa shape index (κ1) is 11.5. The van der Waals surface area contributed by atoms with E-state index in [1.165, 1.54) is 0 Å². The average molecular weight is 180 g/mol. The van der Waals surface area contributed by atoms with Crippen molar-refractivity contribution in [1.82, 2.24) is 0 Å². The highest BCUT2D eigenvalue weighted by atomic mass is 16.4. The summed E-state index contributed by atoms with van der Waals surface area (Å²) in [7, 11) is 0. The largest absolute Gasteiger partial charge is 0.394 e. The molecule has 0 radical (unpaired) electrons. The molecule has 0 aromatic rings. The third kappa shape index (κ3) is 2.84. The summed E-state index contributed by atoms with van der Waals surface area (Å²) >= 11 is 0. The van der Waals surface area contributed by atoms with E-state index in [2.05, 4.69) is 0 Å². The third-order valence-corrected chi connectivity index (χ3v) is 1.42. The van der Waals surface area contributed by atoms with Gasteiger partial charge in [0, 0.05) is 0 Å². The van der Waals surface area contributed by atoms with Gasteiger partial charge in [-0.05, 0) is 0 Å². The van der Waals surface area contributed by atoms with Crippen LogP contribution < -0.4 is 0 Å². The van der Waals surface area contributed by atoms with E-state index in [0.29, 0.717) is 0 Å². The van der Waals surface area contributed by atoms with Gasteiger partial charge in [0.1, 0.15) is 24.4 Å². The van der Waals surface area contributed by atoms with Crippen molar-refractivity contribution in [2.75, 3.05) is 6.61 Å². The Hall–Kier alpha value is -0.530. The fourth-order valence-corrected chi connectivity index (χ4v) is 0.618. The quantitative estimate of drug-likeness (QED) is 0.282. The Morgan fingerprint density at radius 3 is 1.92 bits per heavy atom. The Balaban J connectivity index is 4.07. The Kier molecular flexibility index (Phi) is 4.95. The van der Waals surface area contributed by atoms with E-state index in [4.69, 9.17) is 25.5 Å². The van der Waals surface area contributed by atoms with Gasteiger partial charge in [0.2, 0.25) is 0 Å². The summed E-state index contributed by atoms with van der Waals surface area (Å²) in [6.45, 7) is -0.760. The van der Waals surface area contributed by atoms with Crippen LogP contribution in [0.4, 0.5) is 0 Å². The van der Waals surface area contributed by atoms with Crippen LogP contribution in [0.5, 0.6) is 0 Å². The molecule has 0 saturated carbocycles. The molecule has 0 fully saturated rings. The zero-order chi connectivity index (χ0) is 9.72. The summed E-state index contributed by atoms with van der Waals surface area (Å²) in [6, 6.07) is 0. The summed E-state index contributed by atoms with van der Waals surface area (Å²) in [4.78, 5) is 9.90. The summed E-state index contributed by atoms with van der Waals surface area (Å²) in [6.07, 6.45) is -6.84. The van der Waals surface area contributed by atoms with Gasteiger partial charge in [-0.1, -0.05) is 0 Å². The summed E-state index contributed by atoms with van der Waals surface area (Å²) in [5.74, 6) is 0. The van der Waals surface area contributed by atoms with Gasteiger partial charge in [-0.3, -0.25) is 0 Å². The van der Waals surface area contributed by atoms with Gasteiger partial charge in [0.15, 0.2) is 6.29 Å². The molecule has 6 heteroatoms. The van der Waals surface area contributed by atoms with Crippen LogP contribution in [-0.4, -0.2) is 62.8 Å². The molecule has 6 nitrogen and oxygen atoms in total. The zero-order valence-corrected chi connectivity index (χ0v) is 6.24. The summed E-state index contributed by atoms with van der Waals surface area (Å²) in [5.41, 5.74) is 0. The molecule has 2 unspecified atom stereocenters. The molecule has 12 heavy (non-hydrogen) atoms. The normalized spacial score (nSPS) is 21.1. The highest BCUT2D eigenvalue weighted by Gasteiger charge is 2.29. The van der Waals surface area contributed by atoms with Crippen LogP contribution in [0.15, 0.2) is 0 Å². The Labute approximate surface area is 68.7 Å². The van der Waals surface area contributed by atoms with E-state index in [1.54, 1.807) is 0 Å². The Morgan fingerprint density at radius 2 is 1.58 bits per heavy atom. The first-order valence-corrected chi connectivity index (χ1v) is 3.33. The molecule has 0 bridgehead atoms. The molecule has 72 valence electrons. The van der Waals surface area contributed by atoms with E-state index < -0.39 is 31.0 Å². The maximum absolute atomic E-state index is 9.90. The van der Waals surface area contributed by atoms with Crippen molar-refractivity contribution in [2.24, 2.45) is 0 Å². The SMILES string of the molecule is O=CC(O)[C@@H](O)[C@H](O)C(O)CO. The minimum atomic E-state index is -1.79. The van der Waals surface area contributed by atoms with E-state index in [-0.39, 0.29) is 6.29 Å². The van der Waals surface area contributed by atoms with E-state index in [1.807, 2.05) is 0 Å². The standard InChI is InChI=1S/C6H12O6/c7-1-3(9)5(11)6(12)4(10)2-8/h1,3-6,8-12H,2H2/t3?,4?,5-,6-/m1/s1. The van der Waals surface area contributed by atoms with Crippen LogP contribution in [0.25, 0.3) is 0 Å². The lowest BCUT2D eigenvalue weighted by molar-refractivity contribution is -0.136. The van der Waals surface area contributed by atoms with Crippen molar-refractivity contribution in [2.45, 2.75) is 24.4 Å². The molecule has 4 atom stereocenters. The highest BCUT2D eigenvalue weighted by Crippen LogP contribution is 2.02. The summed E-state index contributed by atoms with van der Waals surface area (Å²) in [5, 5.41) is 43.5. The van der Waals surface area contributed by atoms with Crippen molar-refractivity contribution < 1.29 is 30.3 Å². The molecule has 0 spiro atoms. The first-order chi connectivity index (χ1) is 5.54. The van der Waals surface area contributed by atoms with Gasteiger partial charge in [-0.2, -0.15) is 0 Å². The topological polar surface area (TPSA) is 118 Å². The molecule has 0 aliphatic heterocycles. The maximum atomic E-state index is 9.90. The van der Waals surface area contributed by atoms with Crippen molar-refractivity contribution in [1.29, 1.82) is 0 Å². The number of hydrogen-bond acceptors (Lipinski definition) is 6. The van der Waals surface area contributed by atoms with Crippen LogP contribution in [0.2, 0.25) is 0 Å². The molecule has 0 heterocycles. The molecular weight excluding hydrogens is 168 g/mol. The average Bonchev–Trinajstić information content (AvgIpc) is 2.12. The lowest BCUT2D eigenvalue weighted by atomic mass is 10.0. The molecular formula is C6H12O6. The minimum Gasteiger partial charge on any atom is -0.394 e. The fraction of sp³-hybridized carbons (Fsp3) is 0.833. The van der Waals surface area contributed by atoms with Crippen LogP contribution in [0.1, 0.15) is 0 Å². The van der Waals surface area contributed by atoms with Gasteiger partial charge in [0.05, 0.1) is 6.61 Å². The molecule has 0 aromatic heterocycles. The molecule has 0 rings (SSSR count). The minimum absolute atomic E-state index is 0.0258. The predicted octanol–water partition coefficient (Wildman–Crippen LogP) is -3.38. The number of aliphatic hydroxyl groups excluding tert-OH is 5. The van der Waals surface area contributed by atoms with Gasteiger partial charge in [0.25, 0.3) is 0 Å². The molecule has 0 amide bonds. The van der Waals surface area contributed by atoms with E-state index >= 15 is 0 Å². The second-order valence-electron chi connectivity index (χ2n) is 2.36. The van der Waals surface area contributed by atoms with Gasteiger partial charge in [-0.25, -0.2) is 0 Å². The highest BCUT2D eigenvalue weighted by molar-refractivity contribution is 5.56.